The number of nitrogens with one attached hydrogen (secondary N) is 1. The van der Waals surface area contributed by atoms with Crippen LogP contribution in [0, 0.1) is 26.7 Å². The monoisotopic (exact) mass is 509 g/mol. The van der Waals surface area contributed by atoms with Gasteiger partial charge in [0.2, 0.25) is 10.0 Å². The Balaban J connectivity index is 2.49. The number of allylic oxidation sites excluding steroid dienone is 1. The molecule has 0 saturated heterocycles. The van der Waals surface area contributed by atoms with Gasteiger partial charge in [0.25, 0.3) is 0 Å². The third-order valence-corrected chi connectivity index (χ3v) is 10.5. The zero-order valence-corrected chi connectivity index (χ0v) is 24.9. The third kappa shape index (κ3) is 8.59. The molecule has 7 heteroatoms. The Morgan fingerprint density at radius 2 is 1.68 bits per heavy atom. The largest absolute Gasteiger partial charge is 0.415 e. The van der Waals surface area contributed by atoms with Crippen molar-refractivity contribution in [1.29, 1.82) is 0 Å². The van der Waals surface area contributed by atoms with E-state index in [9.17, 15) is 8.42 Å². The number of hydrogen-bond donors (Lipinski definition) is 1. The van der Waals surface area contributed by atoms with Crippen molar-refractivity contribution in [3.63, 3.8) is 0 Å². The van der Waals surface area contributed by atoms with Gasteiger partial charge in [0, 0.05) is 6.10 Å². The van der Waals surface area contributed by atoms with E-state index in [4.69, 9.17) is 9.16 Å². The number of sulfonamides is 1. The molecule has 0 unspecified atom stereocenters. The van der Waals surface area contributed by atoms with Gasteiger partial charge >= 0.3 is 0 Å². The minimum atomic E-state index is -3.74. The smallest absolute Gasteiger partial charge is 0.241 e. The van der Waals surface area contributed by atoms with Crippen LogP contribution in [0.25, 0.3) is 0 Å². The van der Waals surface area contributed by atoms with E-state index in [1.807, 2.05) is 53.7 Å². The molecule has 194 valence electrons. The van der Waals surface area contributed by atoms with Crippen LogP contribution in [-0.2, 0) is 19.2 Å². The van der Waals surface area contributed by atoms with E-state index in [2.05, 4.69) is 37.7 Å². The molecule has 5 nitrogen and oxygen atoms in total. The van der Waals surface area contributed by atoms with Crippen LogP contribution in [0.3, 0.4) is 0 Å². The summed E-state index contributed by atoms with van der Waals surface area (Å²) in [5.74, 6) is 0.0473. The van der Waals surface area contributed by atoms with E-state index in [-0.39, 0.29) is 23.7 Å². The van der Waals surface area contributed by atoms with Crippen LogP contribution < -0.4 is 4.72 Å². The highest BCUT2D eigenvalue weighted by molar-refractivity contribution is 7.89. The molecule has 0 bridgehead atoms. The molecule has 1 N–H and O–H groups in total. The Morgan fingerprint density at radius 3 is 2.15 bits per heavy atom. The minimum absolute atomic E-state index is 0.0473. The van der Waals surface area contributed by atoms with Crippen molar-refractivity contribution < 1.29 is 17.6 Å². The summed E-state index contributed by atoms with van der Waals surface area (Å²) < 4.78 is 43.3. The highest BCUT2D eigenvalue weighted by Gasteiger charge is 2.38. The number of aryl methyl sites for hydroxylation is 3. The van der Waals surface area contributed by atoms with Crippen LogP contribution in [0.4, 0.5) is 0 Å². The second-order valence-electron chi connectivity index (χ2n) is 11.8. The lowest BCUT2D eigenvalue weighted by Gasteiger charge is -2.36. The molecule has 0 amide bonds. The SMILES string of the molecule is Cc1cc(C)c(S(=O)(=O)N[C@@H](COC(C)(C)C)[C@@H](C[Si](C)(C)OC(C)C)C2=CCCC2)c(C)c1. The summed E-state index contributed by atoms with van der Waals surface area (Å²) in [5.41, 5.74) is 3.59. The number of ether oxygens (including phenoxy) is 1. The number of hydrogen-bond acceptors (Lipinski definition) is 4. The maximum Gasteiger partial charge on any atom is 0.241 e. The fourth-order valence-corrected chi connectivity index (χ4v) is 9.89. The van der Waals surface area contributed by atoms with Crippen molar-refractivity contribution in [2.45, 2.75) is 116 Å². The lowest BCUT2D eigenvalue weighted by atomic mass is 9.93. The van der Waals surface area contributed by atoms with Crippen LogP contribution in [-0.4, -0.2) is 41.1 Å². The van der Waals surface area contributed by atoms with Crippen LogP contribution in [0.5, 0.6) is 0 Å². The Hall–Kier alpha value is -0.993. The van der Waals surface area contributed by atoms with Crippen molar-refractivity contribution in [2.75, 3.05) is 6.61 Å². The van der Waals surface area contributed by atoms with Gasteiger partial charge in [0.15, 0.2) is 8.32 Å². The van der Waals surface area contributed by atoms with Gasteiger partial charge in [-0.15, -0.1) is 0 Å². The topological polar surface area (TPSA) is 64.6 Å². The first-order valence-corrected chi connectivity index (χ1v) is 17.2. The molecule has 1 aromatic rings. The first kappa shape index (κ1) is 29.2. The lowest BCUT2D eigenvalue weighted by molar-refractivity contribution is -0.0165. The van der Waals surface area contributed by atoms with Gasteiger partial charge in [-0.25, -0.2) is 13.1 Å². The van der Waals surface area contributed by atoms with E-state index >= 15 is 0 Å². The predicted octanol–water partition coefficient (Wildman–Crippen LogP) is 6.43. The summed E-state index contributed by atoms with van der Waals surface area (Å²) in [5, 5.41) is 0. The molecule has 1 aliphatic carbocycles. The maximum absolute atomic E-state index is 13.8. The van der Waals surface area contributed by atoms with Gasteiger partial charge in [-0.1, -0.05) is 29.3 Å². The van der Waals surface area contributed by atoms with Crippen molar-refractivity contribution >= 4 is 18.3 Å². The van der Waals surface area contributed by atoms with Crippen molar-refractivity contribution in [1.82, 2.24) is 4.72 Å². The summed E-state index contributed by atoms with van der Waals surface area (Å²) in [6.45, 7) is 20.7. The summed E-state index contributed by atoms with van der Waals surface area (Å²) >= 11 is 0. The molecule has 0 spiro atoms. The Labute approximate surface area is 209 Å². The second kappa shape index (κ2) is 11.4. The zero-order chi connectivity index (χ0) is 25.9. The molecule has 0 aliphatic heterocycles. The first-order valence-electron chi connectivity index (χ1n) is 12.6. The van der Waals surface area contributed by atoms with Gasteiger partial charge in [0.05, 0.1) is 23.1 Å². The molecule has 0 radical (unpaired) electrons. The summed E-state index contributed by atoms with van der Waals surface area (Å²) in [6, 6.07) is 4.36. The molecule has 2 atom stereocenters. The van der Waals surface area contributed by atoms with Crippen LogP contribution in [0.2, 0.25) is 19.1 Å². The van der Waals surface area contributed by atoms with Gasteiger partial charge in [-0.3, -0.25) is 0 Å². The molecule has 0 aromatic heterocycles. The Morgan fingerprint density at radius 1 is 1.09 bits per heavy atom. The molecule has 0 heterocycles. The lowest BCUT2D eigenvalue weighted by Crippen LogP contribution is -2.48. The molecular formula is C27H47NO4SSi. The van der Waals surface area contributed by atoms with Gasteiger partial charge in [-0.2, -0.15) is 0 Å². The highest BCUT2D eigenvalue weighted by atomic mass is 32.2. The molecule has 2 rings (SSSR count). The van der Waals surface area contributed by atoms with Crippen LogP contribution in [0.1, 0.15) is 70.6 Å². The quantitative estimate of drug-likeness (QED) is 0.276. The molecular weight excluding hydrogens is 462 g/mol. The number of benzene rings is 1. The fraction of sp³-hybridized carbons (Fsp3) is 0.704. The minimum Gasteiger partial charge on any atom is -0.415 e. The van der Waals surface area contributed by atoms with E-state index < -0.39 is 18.3 Å². The third-order valence-electron chi connectivity index (χ3n) is 6.18. The molecule has 1 aromatic carbocycles. The molecule has 1 aliphatic rings. The first-order chi connectivity index (χ1) is 15.5. The zero-order valence-electron chi connectivity index (χ0n) is 23.0. The van der Waals surface area contributed by atoms with Gasteiger partial charge in [0.1, 0.15) is 0 Å². The van der Waals surface area contributed by atoms with Crippen molar-refractivity contribution in [3.05, 3.63) is 40.5 Å². The summed E-state index contributed by atoms with van der Waals surface area (Å²) in [6.07, 6.45) is 5.64. The highest BCUT2D eigenvalue weighted by Crippen LogP contribution is 2.36. The van der Waals surface area contributed by atoms with Crippen LogP contribution in [0.15, 0.2) is 28.7 Å². The summed E-state index contributed by atoms with van der Waals surface area (Å²) in [4.78, 5) is 0.382. The number of rotatable bonds is 11. The standard InChI is InChI=1S/C27H47NO4SSi/c1-19(2)32-34(9,10)18-24(23-13-11-12-14-23)25(17-31-27(6,7)8)28-33(29,30)26-21(4)15-20(3)16-22(26)5/h13,15-16,19,24-25,28H,11-12,14,17-18H2,1-10H3/t24-,25-/m0/s1. The van der Waals surface area contributed by atoms with Gasteiger partial charge in [-0.05, 0) is 111 Å². The van der Waals surface area contributed by atoms with Gasteiger partial charge < -0.3 is 9.16 Å². The average molecular weight is 510 g/mol. The van der Waals surface area contributed by atoms with Crippen LogP contribution >= 0.6 is 0 Å². The van der Waals surface area contributed by atoms with E-state index in [1.54, 1.807) is 0 Å². The predicted molar refractivity (Wildman–Crippen MR) is 144 cm³/mol. The van der Waals surface area contributed by atoms with Crippen molar-refractivity contribution in [2.24, 2.45) is 5.92 Å². The maximum atomic E-state index is 13.8. The molecule has 0 saturated carbocycles. The second-order valence-corrected chi connectivity index (χ2v) is 17.6. The average Bonchev–Trinajstić information content (AvgIpc) is 3.14. The normalized spacial score (nSPS) is 17.2. The van der Waals surface area contributed by atoms with E-state index in [0.717, 1.165) is 42.0 Å². The van der Waals surface area contributed by atoms with E-state index in [1.165, 1.54) is 5.57 Å². The Kier molecular flexibility index (Phi) is 9.78. The fourth-order valence-electron chi connectivity index (χ4n) is 5.20. The van der Waals surface area contributed by atoms with Crippen molar-refractivity contribution in [3.8, 4) is 0 Å². The summed E-state index contributed by atoms with van der Waals surface area (Å²) in [7, 11) is -5.79. The van der Waals surface area contributed by atoms with E-state index in [0.29, 0.717) is 11.5 Å². The Bertz CT molecular complexity index is 954. The molecule has 34 heavy (non-hydrogen) atoms. The molecule has 0 fully saturated rings.